The van der Waals surface area contributed by atoms with Crippen LogP contribution in [-0.4, -0.2) is 66.4 Å². The van der Waals surface area contributed by atoms with E-state index in [9.17, 15) is 9.59 Å². The van der Waals surface area contributed by atoms with Gasteiger partial charge in [-0.1, -0.05) is 36.6 Å². The zero-order valence-electron chi connectivity index (χ0n) is 15.9. The minimum Gasteiger partial charge on any atom is -0.352 e. The molecule has 2 N–H and O–H groups in total. The molecule has 1 unspecified atom stereocenters. The topological polar surface area (TPSA) is 64.7 Å². The van der Waals surface area contributed by atoms with Gasteiger partial charge in [0.2, 0.25) is 11.8 Å². The molecule has 27 heavy (non-hydrogen) atoms. The molecule has 1 aliphatic heterocycles. The summed E-state index contributed by atoms with van der Waals surface area (Å²) in [7, 11) is 0. The number of para-hydroxylation sites is 1. The van der Waals surface area contributed by atoms with E-state index in [0.717, 1.165) is 39.0 Å². The Hall–Kier alpha value is -1.63. The van der Waals surface area contributed by atoms with Crippen LogP contribution in [0.5, 0.6) is 0 Å². The molecule has 7 heteroatoms. The standard InChI is InChI=1S/C20H29ClN4O2/c1-15(20(27)22-16-6-2-3-7-16)25-12-10-24(11-13-25)14-19(26)23-18-9-5-4-8-17(18)21/h4-5,8-9,15-16H,2-3,6-7,10-14H2,1H3,(H,22,27)(H,23,26). The van der Waals surface area contributed by atoms with Crippen molar-refractivity contribution in [3.8, 4) is 0 Å². The molecule has 1 aliphatic carbocycles. The van der Waals surface area contributed by atoms with E-state index in [1.807, 2.05) is 19.1 Å². The number of hydrogen-bond donors (Lipinski definition) is 2. The van der Waals surface area contributed by atoms with Crippen LogP contribution in [0.2, 0.25) is 5.02 Å². The number of carbonyl (C=O) groups excluding carboxylic acids is 2. The lowest BCUT2D eigenvalue weighted by atomic mass is 10.2. The first-order valence-electron chi connectivity index (χ1n) is 9.84. The van der Waals surface area contributed by atoms with Gasteiger partial charge >= 0.3 is 0 Å². The Morgan fingerprint density at radius 3 is 2.48 bits per heavy atom. The highest BCUT2D eigenvalue weighted by molar-refractivity contribution is 6.33. The number of carbonyl (C=O) groups is 2. The van der Waals surface area contributed by atoms with Gasteiger partial charge in [0.25, 0.3) is 0 Å². The monoisotopic (exact) mass is 392 g/mol. The van der Waals surface area contributed by atoms with Crippen LogP contribution in [0, 0.1) is 0 Å². The summed E-state index contributed by atoms with van der Waals surface area (Å²) in [5.41, 5.74) is 0.639. The average Bonchev–Trinajstić information content (AvgIpc) is 3.16. The van der Waals surface area contributed by atoms with Gasteiger partial charge in [-0.15, -0.1) is 0 Å². The van der Waals surface area contributed by atoms with E-state index in [1.54, 1.807) is 12.1 Å². The van der Waals surface area contributed by atoms with Crippen molar-refractivity contribution < 1.29 is 9.59 Å². The molecular formula is C20H29ClN4O2. The molecule has 1 aromatic rings. The van der Waals surface area contributed by atoms with Gasteiger partial charge in [0.15, 0.2) is 0 Å². The Bertz CT molecular complexity index is 655. The maximum Gasteiger partial charge on any atom is 0.238 e. The van der Waals surface area contributed by atoms with E-state index in [4.69, 9.17) is 11.6 Å². The van der Waals surface area contributed by atoms with Crippen molar-refractivity contribution in [2.45, 2.75) is 44.7 Å². The summed E-state index contributed by atoms with van der Waals surface area (Å²) < 4.78 is 0. The van der Waals surface area contributed by atoms with E-state index < -0.39 is 0 Å². The van der Waals surface area contributed by atoms with Gasteiger partial charge in [-0.05, 0) is 31.9 Å². The second-order valence-corrected chi connectivity index (χ2v) is 7.91. The maximum atomic E-state index is 12.4. The molecule has 148 valence electrons. The minimum atomic E-state index is -0.121. The van der Waals surface area contributed by atoms with Crippen LogP contribution in [0.3, 0.4) is 0 Å². The van der Waals surface area contributed by atoms with Crippen LogP contribution in [0.15, 0.2) is 24.3 Å². The van der Waals surface area contributed by atoms with Crippen molar-refractivity contribution in [3.63, 3.8) is 0 Å². The van der Waals surface area contributed by atoms with Gasteiger partial charge in [-0.3, -0.25) is 19.4 Å². The second-order valence-electron chi connectivity index (χ2n) is 7.51. The first-order chi connectivity index (χ1) is 13.0. The number of nitrogens with one attached hydrogen (secondary N) is 2. The number of halogens is 1. The second kappa shape index (κ2) is 9.53. The number of benzene rings is 1. The number of rotatable bonds is 6. The highest BCUT2D eigenvalue weighted by Crippen LogP contribution is 2.20. The molecule has 2 fully saturated rings. The Kier molecular flexibility index (Phi) is 7.10. The Morgan fingerprint density at radius 1 is 1.15 bits per heavy atom. The average molecular weight is 393 g/mol. The Morgan fingerprint density at radius 2 is 1.81 bits per heavy atom. The van der Waals surface area contributed by atoms with Crippen molar-refractivity contribution in [2.24, 2.45) is 0 Å². The van der Waals surface area contributed by atoms with Crippen LogP contribution in [-0.2, 0) is 9.59 Å². The molecule has 3 rings (SSSR count). The van der Waals surface area contributed by atoms with Gasteiger partial charge in [-0.2, -0.15) is 0 Å². The predicted molar refractivity (Wildman–Crippen MR) is 108 cm³/mol. The van der Waals surface area contributed by atoms with Crippen molar-refractivity contribution in [2.75, 3.05) is 38.0 Å². The maximum absolute atomic E-state index is 12.4. The lowest BCUT2D eigenvalue weighted by molar-refractivity contribution is -0.127. The van der Waals surface area contributed by atoms with Gasteiger partial charge in [0.1, 0.15) is 0 Å². The fraction of sp³-hybridized carbons (Fsp3) is 0.600. The van der Waals surface area contributed by atoms with E-state index in [0.29, 0.717) is 23.3 Å². The number of hydrogen-bond acceptors (Lipinski definition) is 4. The van der Waals surface area contributed by atoms with Gasteiger partial charge < -0.3 is 10.6 Å². The lowest BCUT2D eigenvalue weighted by Gasteiger charge is -2.37. The number of amides is 2. The molecule has 1 saturated carbocycles. The van der Waals surface area contributed by atoms with Gasteiger partial charge in [0.05, 0.1) is 23.3 Å². The normalized spacial score (nSPS) is 20.4. The number of nitrogens with zero attached hydrogens (tertiary/aromatic N) is 2. The quantitative estimate of drug-likeness (QED) is 0.780. The third-order valence-electron chi connectivity index (χ3n) is 5.55. The Labute approximate surface area is 166 Å². The van der Waals surface area contributed by atoms with E-state index >= 15 is 0 Å². The van der Waals surface area contributed by atoms with Crippen LogP contribution in [0.4, 0.5) is 5.69 Å². The van der Waals surface area contributed by atoms with Crippen LogP contribution >= 0.6 is 11.6 Å². The van der Waals surface area contributed by atoms with Gasteiger partial charge in [-0.25, -0.2) is 0 Å². The summed E-state index contributed by atoms with van der Waals surface area (Å²) >= 11 is 6.08. The highest BCUT2D eigenvalue weighted by Gasteiger charge is 2.28. The molecule has 0 bridgehead atoms. The molecule has 6 nitrogen and oxygen atoms in total. The third-order valence-corrected chi connectivity index (χ3v) is 5.88. The highest BCUT2D eigenvalue weighted by atomic mass is 35.5. The zero-order valence-corrected chi connectivity index (χ0v) is 16.7. The number of anilines is 1. The summed E-state index contributed by atoms with van der Waals surface area (Å²) in [5.74, 6) is 0.0652. The van der Waals surface area contributed by atoms with E-state index in [-0.39, 0.29) is 17.9 Å². The van der Waals surface area contributed by atoms with Crippen LogP contribution < -0.4 is 10.6 Å². The summed E-state index contributed by atoms with van der Waals surface area (Å²) in [4.78, 5) is 29.0. The SMILES string of the molecule is CC(C(=O)NC1CCCC1)N1CCN(CC(=O)Nc2ccccc2Cl)CC1. The summed E-state index contributed by atoms with van der Waals surface area (Å²) in [6.45, 7) is 5.44. The third kappa shape index (κ3) is 5.67. The molecule has 0 aromatic heterocycles. The lowest BCUT2D eigenvalue weighted by Crippen LogP contribution is -2.55. The first-order valence-corrected chi connectivity index (χ1v) is 10.2. The predicted octanol–water partition coefficient (Wildman–Crippen LogP) is 2.34. The molecule has 1 atom stereocenters. The molecule has 1 heterocycles. The zero-order chi connectivity index (χ0) is 19.2. The van der Waals surface area contributed by atoms with Crippen molar-refractivity contribution in [3.05, 3.63) is 29.3 Å². The molecule has 0 radical (unpaired) electrons. The molecule has 1 aromatic carbocycles. The molecule has 2 amide bonds. The molecular weight excluding hydrogens is 364 g/mol. The molecule has 0 spiro atoms. The number of piperazine rings is 1. The smallest absolute Gasteiger partial charge is 0.238 e. The molecule has 1 saturated heterocycles. The summed E-state index contributed by atoms with van der Waals surface area (Å²) in [5, 5.41) is 6.58. The van der Waals surface area contributed by atoms with Crippen molar-refractivity contribution in [1.29, 1.82) is 0 Å². The van der Waals surface area contributed by atoms with Crippen LogP contribution in [0.25, 0.3) is 0 Å². The minimum absolute atomic E-state index is 0.0661. The largest absolute Gasteiger partial charge is 0.352 e. The summed E-state index contributed by atoms with van der Waals surface area (Å²) in [6, 6.07) is 7.47. The van der Waals surface area contributed by atoms with E-state index in [2.05, 4.69) is 20.4 Å². The van der Waals surface area contributed by atoms with Crippen LogP contribution in [0.1, 0.15) is 32.6 Å². The van der Waals surface area contributed by atoms with E-state index in [1.165, 1.54) is 12.8 Å². The van der Waals surface area contributed by atoms with Gasteiger partial charge in [0, 0.05) is 32.2 Å². The fourth-order valence-electron chi connectivity index (χ4n) is 3.82. The first kappa shape index (κ1) is 20.1. The van der Waals surface area contributed by atoms with Crippen molar-refractivity contribution in [1.82, 2.24) is 15.1 Å². The molecule has 2 aliphatic rings. The summed E-state index contributed by atoms with van der Waals surface area (Å²) in [6.07, 6.45) is 4.64. The fourth-order valence-corrected chi connectivity index (χ4v) is 4.00. The van der Waals surface area contributed by atoms with Crippen molar-refractivity contribution >= 4 is 29.1 Å². The Balaban J connectivity index is 1.41.